The lowest BCUT2D eigenvalue weighted by Gasteiger charge is -2.00. The van der Waals surface area contributed by atoms with Crippen LogP contribution in [0.25, 0.3) is 11.3 Å². The van der Waals surface area contributed by atoms with Gasteiger partial charge < -0.3 is 20.7 Å². The third kappa shape index (κ3) is 5.65. The Hall–Kier alpha value is -2.68. The second-order valence-corrected chi connectivity index (χ2v) is 6.88. The van der Waals surface area contributed by atoms with Gasteiger partial charge in [0.2, 0.25) is 0 Å². The first-order valence-corrected chi connectivity index (χ1v) is 9.00. The van der Waals surface area contributed by atoms with Crippen molar-refractivity contribution >= 4 is 34.7 Å². The summed E-state index contributed by atoms with van der Waals surface area (Å²) in [4.78, 5) is 15.2. The Kier molecular flexibility index (Phi) is 7.54. The van der Waals surface area contributed by atoms with Crippen LogP contribution in [0.3, 0.4) is 0 Å². The SMILES string of the molecule is CN=C(N)c1ccc(-c2cc(CN)on2)cc1.COC(=O)c1ccc(Cl)s1. The number of aromatic nitrogens is 1. The van der Waals surface area contributed by atoms with Crippen LogP contribution in [-0.2, 0) is 11.3 Å². The number of carbonyl (C=O) groups excluding carboxylic acids is 1. The highest BCUT2D eigenvalue weighted by molar-refractivity contribution is 7.17. The lowest BCUT2D eigenvalue weighted by molar-refractivity contribution is 0.0606. The van der Waals surface area contributed by atoms with Gasteiger partial charge >= 0.3 is 5.97 Å². The summed E-state index contributed by atoms with van der Waals surface area (Å²) in [6.45, 7) is 0.348. The Morgan fingerprint density at radius 1 is 1.30 bits per heavy atom. The summed E-state index contributed by atoms with van der Waals surface area (Å²) in [7, 11) is 3.00. The summed E-state index contributed by atoms with van der Waals surface area (Å²) >= 11 is 6.78. The van der Waals surface area contributed by atoms with Gasteiger partial charge in [-0.2, -0.15) is 0 Å². The standard InChI is InChI=1S/C12H14N4O.C6H5ClO2S/c1-15-12(14)9-4-2-8(3-5-9)11-6-10(7-13)17-16-11;1-9-6(8)4-2-3-5(7)10-4/h2-6H,7,13H2,1H3,(H2,14,15);2-3H,1H3. The van der Waals surface area contributed by atoms with Gasteiger partial charge in [0.1, 0.15) is 16.4 Å². The molecule has 4 N–H and O–H groups in total. The lowest BCUT2D eigenvalue weighted by Crippen LogP contribution is -2.12. The Bertz CT molecular complexity index is 919. The van der Waals surface area contributed by atoms with Gasteiger partial charge in [-0.25, -0.2) is 4.79 Å². The number of hydrogen-bond donors (Lipinski definition) is 2. The van der Waals surface area contributed by atoms with Crippen LogP contribution in [0.4, 0.5) is 0 Å². The molecule has 142 valence electrons. The van der Waals surface area contributed by atoms with Gasteiger partial charge in [-0.05, 0) is 12.1 Å². The minimum Gasteiger partial charge on any atom is -0.465 e. The molecule has 0 amide bonds. The van der Waals surface area contributed by atoms with Crippen molar-refractivity contribution < 1.29 is 14.1 Å². The number of nitrogens with zero attached hydrogens (tertiary/aromatic N) is 2. The Morgan fingerprint density at radius 2 is 2.00 bits per heavy atom. The van der Waals surface area contributed by atoms with Crippen LogP contribution in [-0.4, -0.2) is 31.1 Å². The van der Waals surface area contributed by atoms with E-state index in [1.165, 1.54) is 18.4 Å². The molecule has 0 bridgehead atoms. The van der Waals surface area contributed by atoms with Crippen molar-refractivity contribution in [3.63, 3.8) is 0 Å². The number of aliphatic imine (C=N–C) groups is 1. The van der Waals surface area contributed by atoms with Crippen molar-refractivity contribution in [2.75, 3.05) is 14.2 Å². The number of methoxy groups -OCH3 is 1. The van der Waals surface area contributed by atoms with Gasteiger partial charge in [-0.15, -0.1) is 11.3 Å². The van der Waals surface area contributed by atoms with E-state index in [1.807, 2.05) is 30.3 Å². The number of thiophene rings is 1. The second kappa shape index (κ2) is 9.86. The zero-order valence-electron chi connectivity index (χ0n) is 14.8. The van der Waals surface area contributed by atoms with E-state index >= 15 is 0 Å². The third-order valence-corrected chi connectivity index (χ3v) is 4.65. The van der Waals surface area contributed by atoms with Crippen molar-refractivity contribution in [1.29, 1.82) is 0 Å². The first kappa shape index (κ1) is 20.6. The van der Waals surface area contributed by atoms with E-state index in [9.17, 15) is 4.79 Å². The maximum Gasteiger partial charge on any atom is 0.348 e. The predicted molar refractivity (Wildman–Crippen MR) is 107 cm³/mol. The number of amidine groups is 1. The molecule has 0 aliphatic rings. The van der Waals surface area contributed by atoms with Crippen LogP contribution in [0.2, 0.25) is 4.34 Å². The summed E-state index contributed by atoms with van der Waals surface area (Å²) in [6, 6.07) is 12.8. The summed E-state index contributed by atoms with van der Waals surface area (Å²) in [5.74, 6) is 0.843. The Labute approximate surface area is 165 Å². The molecular formula is C18H19ClN4O3S. The molecule has 0 aliphatic carbocycles. The van der Waals surface area contributed by atoms with E-state index in [4.69, 9.17) is 27.6 Å². The number of esters is 1. The van der Waals surface area contributed by atoms with Gasteiger partial charge in [-0.3, -0.25) is 4.99 Å². The molecule has 27 heavy (non-hydrogen) atoms. The largest absolute Gasteiger partial charge is 0.465 e. The number of ether oxygens (including phenoxy) is 1. The average Bonchev–Trinajstić information content (AvgIpc) is 3.36. The molecule has 3 aromatic rings. The van der Waals surface area contributed by atoms with Gasteiger partial charge in [0.15, 0.2) is 5.76 Å². The van der Waals surface area contributed by atoms with E-state index in [2.05, 4.69) is 14.9 Å². The quantitative estimate of drug-likeness (QED) is 0.390. The molecule has 0 spiro atoms. The maximum absolute atomic E-state index is 10.8. The molecular weight excluding hydrogens is 388 g/mol. The lowest BCUT2D eigenvalue weighted by atomic mass is 10.1. The van der Waals surface area contributed by atoms with Crippen LogP contribution in [0, 0.1) is 0 Å². The highest BCUT2D eigenvalue weighted by Gasteiger charge is 2.07. The van der Waals surface area contributed by atoms with Crippen molar-refractivity contribution in [1.82, 2.24) is 5.16 Å². The topological polar surface area (TPSA) is 117 Å². The van der Waals surface area contributed by atoms with Gasteiger partial charge in [0, 0.05) is 24.2 Å². The monoisotopic (exact) mass is 406 g/mol. The highest BCUT2D eigenvalue weighted by Crippen LogP contribution is 2.21. The molecule has 0 aliphatic heterocycles. The van der Waals surface area contributed by atoms with E-state index in [0.717, 1.165) is 16.8 Å². The zero-order valence-corrected chi connectivity index (χ0v) is 16.4. The number of rotatable bonds is 4. The number of nitrogens with two attached hydrogens (primary N) is 2. The van der Waals surface area contributed by atoms with E-state index < -0.39 is 0 Å². The molecule has 9 heteroatoms. The molecule has 3 rings (SSSR count). The number of carbonyl (C=O) groups is 1. The van der Waals surface area contributed by atoms with Crippen molar-refractivity contribution in [2.24, 2.45) is 16.5 Å². The smallest absolute Gasteiger partial charge is 0.348 e. The Morgan fingerprint density at radius 3 is 2.48 bits per heavy atom. The summed E-state index contributed by atoms with van der Waals surface area (Å²) in [6.07, 6.45) is 0. The van der Waals surface area contributed by atoms with E-state index in [0.29, 0.717) is 27.4 Å². The van der Waals surface area contributed by atoms with Gasteiger partial charge in [0.25, 0.3) is 0 Å². The van der Waals surface area contributed by atoms with E-state index in [1.54, 1.807) is 19.2 Å². The molecule has 0 radical (unpaired) electrons. The third-order valence-electron chi connectivity index (χ3n) is 3.44. The van der Waals surface area contributed by atoms with Crippen molar-refractivity contribution in [3.8, 4) is 11.3 Å². The normalized spacial score (nSPS) is 10.9. The van der Waals surface area contributed by atoms with E-state index in [-0.39, 0.29) is 5.97 Å². The molecule has 0 saturated carbocycles. The van der Waals surface area contributed by atoms with Crippen LogP contribution in [0.1, 0.15) is 21.0 Å². The molecule has 0 saturated heterocycles. The molecule has 0 atom stereocenters. The number of halogens is 1. The van der Waals surface area contributed by atoms with Gasteiger partial charge in [-0.1, -0.05) is 41.0 Å². The molecule has 1 aromatic carbocycles. The summed E-state index contributed by atoms with van der Waals surface area (Å²) < 4.78 is 10.1. The fourth-order valence-corrected chi connectivity index (χ4v) is 2.97. The summed E-state index contributed by atoms with van der Waals surface area (Å²) in [5.41, 5.74) is 13.8. The number of hydrogen-bond acceptors (Lipinski definition) is 7. The fraction of sp³-hybridized carbons (Fsp3) is 0.167. The molecule has 0 unspecified atom stereocenters. The first-order chi connectivity index (χ1) is 13.0. The maximum atomic E-state index is 10.8. The molecule has 2 heterocycles. The van der Waals surface area contributed by atoms with Crippen LogP contribution >= 0.6 is 22.9 Å². The van der Waals surface area contributed by atoms with Gasteiger partial charge in [0.05, 0.1) is 18.0 Å². The average molecular weight is 407 g/mol. The van der Waals surface area contributed by atoms with Crippen molar-refractivity contribution in [2.45, 2.75) is 6.54 Å². The highest BCUT2D eigenvalue weighted by atomic mass is 35.5. The minimum atomic E-state index is -0.336. The first-order valence-electron chi connectivity index (χ1n) is 7.80. The molecule has 2 aromatic heterocycles. The summed E-state index contributed by atoms with van der Waals surface area (Å²) in [5, 5.41) is 3.94. The van der Waals surface area contributed by atoms with Crippen LogP contribution < -0.4 is 11.5 Å². The molecule has 0 fully saturated rings. The zero-order chi connectivity index (χ0) is 19.8. The van der Waals surface area contributed by atoms with Crippen LogP contribution in [0.5, 0.6) is 0 Å². The minimum absolute atomic E-state index is 0.336. The molecule has 7 nitrogen and oxygen atoms in total. The number of benzene rings is 1. The van der Waals surface area contributed by atoms with Crippen molar-refractivity contribution in [3.05, 3.63) is 63.0 Å². The predicted octanol–water partition coefficient (Wildman–Crippen LogP) is 3.32. The Balaban J connectivity index is 0.000000223. The second-order valence-electron chi connectivity index (χ2n) is 5.16. The van der Waals surface area contributed by atoms with Crippen LogP contribution in [0.15, 0.2) is 52.0 Å². The fourth-order valence-electron chi connectivity index (χ4n) is 2.01.